The van der Waals surface area contributed by atoms with Gasteiger partial charge in [0.1, 0.15) is 5.75 Å². The number of carbonyl (C=O) groups is 1. The molecule has 0 atom stereocenters. The van der Waals surface area contributed by atoms with E-state index in [1.165, 1.54) is 25.3 Å². The molecule has 2 rings (SSSR count). The van der Waals surface area contributed by atoms with E-state index in [2.05, 4.69) is 5.32 Å². The third-order valence-corrected chi connectivity index (χ3v) is 3.50. The van der Waals surface area contributed by atoms with Crippen molar-refractivity contribution in [2.75, 3.05) is 12.4 Å². The van der Waals surface area contributed by atoms with Crippen molar-refractivity contribution in [1.82, 2.24) is 0 Å². The summed E-state index contributed by atoms with van der Waals surface area (Å²) in [5, 5.41) is 2.07. The van der Waals surface area contributed by atoms with Gasteiger partial charge in [0.05, 0.1) is 18.2 Å². The van der Waals surface area contributed by atoms with E-state index in [0.717, 1.165) is 0 Å². The second kappa shape index (κ2) is 6.89. The Kier molecular flexibility index (Phi) is 5.20. The van der Waals surface area contributed by atoms with E-state index in [0.29, 0.717) is 23.4 Å². The Morgan fingerprint density at radius 1 is 0.923 bits per heavy atom. The monoisotopic (exact) mass is 377 g/mol. The Labute approximate surface area is 144 Å². The van der Waals surface area contributed by atoms with Crippen LogP contribution in [0.1, 0.15) is 27.0 Å². The first-order valence-electron chi connectivity index (χ1n) is 7.17. The summed E-state index contributed by atoms with van der Waals surface area (Å²) < 4.78 is 82.1. The van der Waals surface area contributed by atoms with Gasteiger partial charge in [-0.05, 0) is 48.9 Å². The van der Waals surface area contributed by atoms with Crippen molar-refractivity contribution >= 4 is 11.6 Å². The van der Waals surface area contributed by atoms with Gasteiger partial charge in [-0.2, -0.15) is 26.3 Å². The molecule has 0 bridgehead atoms. The molecule has 3 nitrogen and oxygen atoms in total. The molecular formula is C17H13F6NO2. The minimum absolute atomic E-state index is 0.00676. The van der Waals surface area contributed by atoms with E-state index >= 15 is 0 Å². The Morgan fingerprint density at radius 3 is 1.88 bits per heavy atom. The van der Waals surface area contributed by atoms with Crippen molar-refractivity contribution in [1.29, 1.82) is 0 Å². The molecule has 26 heavy (non-hydrogen) atoms. The maximum absolute atomic E-state index is 12.8. The molecule has 1 N–H and O–H groups in total. The van der Waals surface area contributed by atoms with Gasteiger partial charge in [0, 0.05) is 11.3 Å². The fourth-order valence-corrected chi connectivity index (χ4v) is 2.25. The third kappa shape index (κ3) is 4.47. The lowest BCUT2D eigenvalue weighted by Gasteiger charge is -2.15. The first kappa shape index (κ1) is 19.6. The van der Waals surface area contributed by atoms with Crippen LogP contribution in [-0.2, 0) is 12.4 Å². The summed E-state index contributed by atoms with van der Waals surface area (Å²) in [5.74, 6) is -0.358. The summed E-state index contributed by atoms with van der Waals surface area (Å²) in [6.07, 6.45) is -9.98. The molecule has 0 aliphatic rings. The summed E-state index contributed by atoms with van der Waals surface area (Å²) in [5.41, 5.74) is -2.97. The number of carbonyl (C=O) groups excluding carboxylic acids is 1. The van der Waals surface area contributed by atoms with Crippen LogP contribution in [0.4, 0.5) is 32.0 Å². The van der Waals surface area contributed by atoms with Gasteiger partial charge in [-0.15, -0.1) is 0 Å². The summed E-state index contributed by atoms with van der Waals surface area (Å²) >= 11 is 0. The predicted molar refractivity (Wildman–Crippen MR) is 82.1 cm³/mol. The van der Waals surface area contributed by atoms with Gasteiger partial charge in [-0.3, -0.25) is 4.79 Å². The van der Waals surface area contributed by atoms with Crippen molar-refractivity contribution in [2.24, 2.45) is 0 Å². The summed E-state index contributed by atoms with van der Waals surface area (Å²) in [6, 6.07) is 5.11. The molecule has 0 spiro atoms. The van der Waals surface area contributed by atoms with Crippen LogP contribution < -0.4 is 10.1 Å². The number of methoxy groups -OCH3 is 1. The second-order valence-corrected chi connectivity index (χ2v) is 5.43. The van der Waals surface area contributed by atoms with Crippen LogP contribution >= 0.6 is 0 Å². The molecule has 2 aromatic carbocycles. The molecule has 0 aromatic heterocycles. The Balaban J connectivity index is 2.39. The van der Waals surface area contributed by atoms with Crippen LogP contribution in [0.2, 0.25) is 0 Å². The zero-order valence-corrected chi connectivity index (χ0v) is 13.5. The minimum Gasteiger partial charge on any atom is -0.496 e. The number of anilines is 1. The lowest BCUT2D eigenvalue weighted by molar-refractivity contribution is -0.143. The van der Waals surface area contributed by atoms with Gasteiger partial charge in [-0.1, -0.05) is 0 Å². The maximum atomic E-state index is 12.8. The highest BCUT2D eigenvalue weighted by molar-refractivity contribution is 6.04. The van der Waals surface area contributed by atoms with E-state index in [1.54, 1.807) is 6.92 Å². The molecule has 9 heteroatoms. The first-order valence-corrected chi connectivity index (χ1v) is 7.17. The lowest BCUT2D eigenvalue weighted by Crippen LogP contribution is -2.16. The topological polar surface area (TPSA) is 38.3 Å². The summed E-state index contributed by atoms with van der Waals surface area (Å²) in [6.45, 7) is 1.64. The fourth-order valence-electron chi connectivity index (χ4n) is 2.25. The molecule has 140 valence electrons. The van der Waals surface area contributed by atoms with Crippen LogP contribution in [0, 0.1) is 6.92 Å². The number of amides is 1. The number of ether oxygens (including phenoxy) is 1. The Morgan fingerprint density at radius 2 is 1.46 bits per heavy atom. The SMILES string of the molecule is COc1ccc(C(=O)Nc2cc(C(F)(F)F)cc(C(F)(F)F)c2)cc1C. The summed E-state index contributed by atoms with van der Waals surface area (Å²) in [7, 11) is 1.42. The molecule has 0 unspecified atom stereocenters. The zero-order valence-electron chi connectivity index (χ0n) is 13.5. The minimum atomic E-state index is -4.99. The van der Waals surface area contributed by atoms with Gasteiger partial charge in [0.15, 0.2) is 0 Å². The summed E-state index contributed by atoms with van der Waals surface area (Å²) in [4.78, 5) is 12.2. The molecule has 2 aromatic rings. The van der Waals surface area contributed by atoms with E-state index in [-0.39, 0.29) is 11.6 Å². The quantitative estimate of drug-likeness (QED) is 0.738. The predicted octanol–water partition coefficient (Wildman–Crippen LogP) is 5.29. The van der Waals surface area contributed by atoms with Gasteiger partial charge in [-0.25, -0.2) is 0 Å². The van der Waals surface area contributed by atoms with E-state index in [4.69, 9.17) is 4.74 Å². The maximum Gasteiger partial charge on any atom is 0.416 e. The van der Waals surface area contributed by atoms with Crippen molar-refractivity contribution in [3.63, 3.8) is 0 Å². The van der Waals surface area contributed by atoms with Gasteiger partial charge >= 0.3 is 12.4 Å². The molecule has 0 aliphatic carbocycles. The number of nitrogens with one attached hydrogen (secondary N) is 1. The average Bonchev–Trinajstić information content (AvgIpc) is 2.52. The smallest absolute Gasteiger partial charge is 0.416 e. The third-order valence-electron chi connectivity index (χ3n) is 3.50. The van der Waals surface area contributed by atoms with E-state index < -0.39 is 35.1 Å². The number of aryl methyl sites for hydroxylation is 1. The molecule has 0 radical (unpaired) electrons. The number of halogens is 6. The van der Waals surface area contributed by atoms with Crippen molar-refractivity contribution in [3.05, 3.63) is 58.7 Å². The highest BCUT2D eigenvalue weighted by Gasteiger charge is 2.37. The zero-order chi connectivity index (χ0) is 19.7. The highest BCUT2D eigenvalue weighted by atomic mass is 19.4. The van der Waals surface area contributed by atoms with Crippen LogP contribution in [0.3, 0.4) is 0 Å². The standard InChI is InChI=1S/C17H13F6NO2/c1-9-5-10(3-4-14(9)26-2)15(25)24-13-7-11(16(18,19)20)6-12(8-13)17(21,22)23/h3-8H,1-2H3,(H,24,25). The molecule has 0 saturated heterocycles. The molecule has 0 heterocycles. The van der Waals surface area contributed by atoms with Crippen LogP contribution in [0.15, 0.2) is 36.4 Å². The van der Waals surface area contributed by atoms with E-state index in [1.807, 2.05) is 0 Å². The number of hydrogen-bond acceptors (Lipinski definition) is 2. The second-order valence-electron chi connectivity index (χ2n) is 5.43. The van der Waals surface area contributed by atoms with Gasteiger partial charge < -0.3 is 10.1 Å². The van der Waals surface area contributed by atoms with Crippen molar-refractivity contribution < 1.29 is 35.9 Å². The molecular weight excluding hydrogens is 364 g/mol. The first-order chi connectivity index (χ1) is 11.9. The Hall–Kier alpha value is -2.71. The average molecular weight is 377 g/mol. The van der Waals surface area contributed by atoms with E-state index in [9.17, 15) is 31.1 Å². The number of benzene rings is 2. The molecule has 0 fully saturated rings. The van der Waals surface area contributed by atoms with Crippen LogP contribution in [0.25, 0.3) is 0 Å². The highest BCUT2D eigenvalue weighted by Crippen LogP contribution is 2.37. The lowest BCUT2D eigenvalue weighted by atomic mass is 10.1. The van der Waals surface area contributed by atoms with Gasteiger partial charge in [0.2, 0.25) is 0 Å². The fraction of sp³-hybridized carbons (Fsp3) is 0.235. The van der Waals surface area contributed by atoms with Crippen LogP contribution in [0.5, 0.6) is 5.75 Å². The van der Waals surface area contributed by atoms with Crippen molar-refractivity contribution in [2.45, 2.75) is 19.3 Å². The number of alkyl halides is 6. The molecule has 1 amide bonds. The number of rotatable bonds is 3. The largest absolute Gasteiger partial charge is 0.496 e. The normalized spacial score (nSPS) is 12.0. The van der Waals surface area contributed by atoms with Crippen molar-refractivity contribution in [3.8, 4) is 5.75 Å². The number of hydrogen-bond donors (Lipinski definition) is 1. The molecule has 0 saturated carbocycles. The molecule has 0 aliphatic heterocycles. The van der Waals surface area contributed by atoms with Gasteiger partial charge in [0.25, 0.3) is 5.91 Å². The van der Waals surface area contributed by atoms with Crippen LogP contribution in [-0.4, -0.2) is 13.0 Å². The Bertz CT molecular complexity index is 795.